The Morgan fingerprint density at radius 1 is 0.826 bits per heavy atom. The molecule has 0 bridgehead atoms. The van der Waals surface area contributed by atoms with E-state index in [1.165, 1.54) is 0 Å². The van der Waals surface area contributed by atoms with Crippen molar-refractivity contribution in [3.63, 3.8) is 0 Å². The molecular weight excluding hydrogens is 288 g/mol. The van der Waals surface area contributed by atoms with Crippen LogP contribution in [-0.4, -0.2) is 5.11 Å². The second kappa shape index (κ2) is 4.95. The van der Waals surface area contributed by atoms with Gasteiger partial charge in [-0.15, -0.1) is 0 Å². The van der Waals surface area contributed by atoms with E-state index in [0.29, 0.717) is 22.9 Å². The first kappa shape index (κ1) is 13.5. The van der Waals surface area contributed by atoms with Crippen LogP contribution in [0.4, 0.5) is 11.4 Å². The topological polar surface area (TPSA) is 81.5 Å². The lowest BCUT2D eigenvalue weighted by Crippen LogP contribution is -2.12. The number of aromatic hydroxyl groups is 1. The minimum absolute atomic E-state index is 0.129. The molecule has 0 aliphatic carbocycles. The number of anilines is 2. The largest absolute Gasteiger partial charge is 0.507 e. The predicted molar refractivity (Wildman–Crippen MR) is 90.8 cm³/mol. The minimum atomic E-state index is -0.129. The van der Waals surface area contributed by atoms with E-state index < -0.39 is 0 Å². The Bertz CT molecular complexity index is 891. The summed E-state index contributed by atoms with van der Waals surface area (Å²) in [6, 6.07) is 18.9. The normalized spacial score (nSPS) is 15.4. The van der Waals surface area contributed by atoms with Gasteiger partial charge in [-0.2, -0.15) is 0 Å². The van der Waals surface area contributed by atoms with E-state index in [1.54, 1.807) is 18.2 Å². The first-order chi connectivity index (χ1) is 11.1. The van der Waals surface area contributed by atoms with Crippen molar-refractivity contribution in [2.45, 2.75) is 5.92 Å². The van der Waals surface area contributed by atoms with Crippen molar-refractivity contribution in [3.05, 3.63) is 77.4 Å². The number of ether oxygens (including phenoxy) is 1. The first-order valence-corrected chi connectivity index (χ1v) is 7.38. The van der Waals surface area contributed by atoms with E-state index in [2.05, 4.69) is 0 Å². The molecule has 4 nitrogen and oxygen atoms in total. The van der Waals surface area contributed by atoms with Crippen LogP contribution in [0.2, 0.25) is 0 Å². The number of hydrogen-bond donors (Lipinski definition) is 3. The first-order valence-electron chi connectivity index (χ1n) is 7.38. The van der Waals surface area contributed by atoms with E-state index in [9.17, 15) is 5.11 Å². The van der Waals surface area contributed by atoms with E-state index in [0.717, 1.165) is 16.7 Å². The fourth-order valence-corrected chi connectivity index (χ4v) is 3.15. The van der Waals surface area contributed by atoms with Gasteiger partial charge in [0.1, 0.15) is 17.2 Å². The Kier molecular flexibility index (Phi) is 2.91. The van der Waals surface area contributed by atoms with Crippen LogP contribution in [0, 0.1) is 0 Å². The van der Waals surface area contributed by atoms with Crippen LogP contribution in [0.15, 0.2) is 60.7 Å². The van der Waals surface area contributed by atoms with E-state index >= 15 is 0 Å². The minimum Gasteiger partial charge on any atom is -0.507 e. The van der Waals surface area contributed by atoms with E-state index in [-0.39, 0.29) is 11.7 Å². The lowest BCUT2D eigenvalue weighted by atomic mass is 9.82. The van der Waals surface area contributed by atoms with Gasteiger partial charge in [0.15, 0.2) is 0 Å². The zero-order valence-electron chi connectivity index (χ0n) is 12.4. The van der Waals surface area contributed by atoms with Crippen LogP contribution < -0.4 is 16.2 Å². The summed E-state index contributed by atoms with van der Waals surface area (Å²) in [4.78, 5) is 0. The van der Waals surface area contributed by atoms with Crippen molar-refractivity contribution in [2.75, 3.05) is 11.5 Å². The fourth-order valence-electron chi connectivity index (χ4n) is 3.15. The molecule has 3 aromatic rings. The summed E-state index contributed by atoms with van der Waals surface area (Å²) in [5.41, 5.74) is 15.6. The molecule has 23 heavy (non-hydrogen) atoms. The molecule has 0 saturated carbocycles. The molecule has 1 heterocycles. The molecule has 1 aliphatic heterocycles. The van der Waals surface area contributed by atoms with Crippen molar-refractivity contribution >= 4 is 11.4 Å². The number of rotatable bonds is 1. The van der Waals surface area contributed by atoms with Crippen LogP contribution >= 0.6 is 0 Å². The summed E-state index contributed by atoms with van der Waals surface area (Å²) in [6.45, 7) is 0. The highest BCUT2D eigenvalue weighted by Crippen LogP contribution is 2.51. The van der Waals surface area contributed by atoms with Crippen molar-refractivity contribution in [3.8, 4) is 17.2 Å². The maximum absolute atomic E-state index is 10.5. The Morgan fingerprint density at radius 2 is 1.57 bits per heavy atom. The third-order valence-electron chi connectivity index (χ3n) is 4.13. The highest BCUT2D eigenvalue weighted by molar-refractivity contribution is 5.67. The third kappa shape index (κ3) is 2.16. The average molecular weight is 304 g/mol. The summed E-state index contributed by atoms with van der Waals surface area (Å²) < 4.78 is 5.95. The quantitative estimate of drug-likeness (QED) is 0.467. The Labute approximate surface area is 133 Å². The molecule has 1 unspecified atom stereocenters. The zero-order valence-corrected chi connectivity index (χ0v) is 12.4. The molecule has 0 fully saturated rings. The van der Waals surface area contributed by atoms with Crippen molar-refractivity contribution in [2.24, 2.45) is 0 Å². The SMILES string of the molecule is Nc1ccc2c(c1)Oc1cc(N)cc(O)c1C2c1ccccc1. The Balaban J connectivity index is 2.01. The number of fused-ring (bicyclic) bond motifs is 2. The second-order valence-corrected chi connectivity index (χ2v) is 5.69. The average Bonchev–Trinajstić information content (AvgIpc) is 2.53. The molecule has 0 aromatic heterocycles. The van der Waals surface area contributed by atoms with Crippen LogP contribution in [0.25, 0.3) is 0 Å². The Morgan fingerprint density at radius 3 is 2.35 bits per heavy atom. The summed E-state index contributed by atoms with van der Waals surface area (Å²) in [6.07, 6.45) is 0. The van der Waals surface area contributed by atoms with Crippen molar-refractivity contribution < 1.29 is 9.84 Å². The molecule has 1 atom stereocenters. The lowest BCUT2D eigenvalue weighted by molar-refractivity contribution is 0.425. The van der Waals surface area contributed by atoms with Gasteiger partial charge in [-0.3, -0.25) is 0 Å². The lowest BCUT2D eigenvalue weighted by Gasteiger charge is -2.29. The number of phenols is 1. The van der Waals surface area contributed by atoms with Gasteiger partial charge < -0.3 is 21.3 Å². The van der Waals surface area contributed by atoms with Gasteiger partial charge in [0, 0.05) is 46.6 Å². The summed E-state index contributed by atoms with van der Waals surface area (Å²) in [5.74, 6) is 1.26. The fraction of sp³-hybridized carbons (Fsp3) is 0.0526. The monoisotopic (exact) mass is 304 g/mol. The summed E-state index contributed by atoms with van der Waals surface area (Å²) >= 11 is 0. The molecule has 0 amide bonds. The highest BCUT2D eigenvalue weighted by atomic mass is 16.5. The molecule has 114 valence electrons. The smallest absolute Gasteiger partial charge is 0.137 e. The van der Waals surface area contributed by atoms with Crippen LogP contribution in [0.5, 0.6) is 17.2 Å². The number of nitrogen functional groups attached to an aromatic ring is 2. The second-order valence-electron chi connectivity index (χ2n) is 5.69. The van der Waals surface area contributed by atoms with Gasteiger partial charge >= 0.3 is 0 Å². The molecule has 5 N–H and O–H groups in total. The number of benzene rings is 3. The number of phenolic OH excluding ortho intramolecular Hbond substituents is 1. The third-order valence-corrected chi connectivity index (χ3v) is 4.13. The molecular formula is C19H16N2O2. The molecule has 0 spiro atoms. The molecule has 3 aromatic carbocycles. The molecule has 1 aliphatic rings. The summed E-state index contributed by atoms with van der Waals surface area (Å²) in [5, 5.41) is 10.5. The van der Waals surface area contributed by atoms with Gasteiger partial charge in [0.05, 0.1) is 0 Å². The molecule has 0 saturated heterocycles. The van der Waals surface area contributed by atoms with Gasteiger partial charge in [-0.1, -0.05) is 36.4 Å². The van der Waals surface area contributed by atoms with Crippen molar-refractivity contribution in [1.82, 2.24) is 0 Å². The van der Waals surface area contributed by atoms with Crippen LogP contribution in [0.1, 0.15) is 22.6 Å². The van der Waals surface area contributed by atoms with E-state index in [4.69, 9.17) is 16.2 Å². The standard InChI is InChI=1S/C19H16N2O2/c20-12-6-7-14-16(9-12)23-17-10-13(21)8-15(22)19(17)18(14)11-4-2-1-3-5-11/h1-10,18,22H,20-21H2. The molecule has 4 rings (SSSR count). The maximum Gasteiger partial charge on any atom is 0.137 e. The number of hydrogen-bond acceptors (Lipinski definition) is 4. The van der Waals surface area contributed by atoms with Gasteiger partial charge in [0.25, 0.3) is 0 Å². The zero-order chi connectivity index (χ0) is 16.0. The van der Waals surface area contributed by atoms with Crippen LogP contribution in [0.3, 0.4) is 0 Å². The number of nitrogens with two attached hydrogens (primary N) is 2. The van der Waals surface area contributed by atoms with Gasteiger partial charge in [-0.05, 0) is 11.6 Å². The molecule has 0 radical (unpaired) electrons. The Hall–Kier alpha value is -3.14. The van der Waals surface area contributed by atoms with Gasteiger partial charge in [0.2, 0.25) is 0 Å². The maximum atomic E-state index is 10.5. The van der Waals surface area contributed by atoms with Crippen molar-refractivity contribution in [1.29, 1.82) is 0 Å². The highest BCUT2D eigenvalue weighted by Gasteiger charge is 2.31. The molecule has 4 heteroatoms. The predicted octanol–water partition coefficient (Wildman–Crippen LogP) is 3.84. The summed E-state index contributed by atoms with van der Waals surface area (Å²) in [7, 11) is 0. The van der Waals surface area contributed by atoms with Gasteiger partial charge in [-0.25, -0.2) is 0 Å². The van der Waals surface area contributed by atoms with E-state index in [1.807, 2.05) is 42.5 Å². The van der Waals surface area contributed by atoms with Crippen LogP contribution in [-0.2, 0) is 0 Å².